The number of aromatic nitrogens is 1. The molecule has 0 atom stereocenters. The minimum atomic E-state index is 0.641. The van der Waals surface area contributed by atoms with Crippen LogP contribution in [-0.2, 0) is 0 Å². The first-order chi connectivity index (χ1) is 10.1. The number of anilines is 1. The molecule has 0 radical (unpaired) electrons. The third-order valence-corrected chi connectivity index (χ3v) is 3.62. The summed E-state index contributed by atoms with van der Waals surface area (Å²) in [7, 11) is 0. The molecule has 0 aliphatic rings. The molecule has 0 aliphatic carbocycles. The van der Waals surface area contributed by atoms with E-state index in [2.05, 4.69) is 4.98 Å². The van der Waals surface area contributed by atoms with Gasteiger partial charge in [0.2, 0.25) is 0 Å². The van der Waals surface area contributed by atoms with Crippen LogP contribution in [0.15, 0.2) is 42.6 Å². The van der Waals surface area contributed by atoms with E-state index in [4.69, 9.17) is 22.1 Å². The zero-order chi connectivity index (χ0) is 15.0. The summed E-state index contributed by atoms with van der Waals surface area (Å²) >= 11 is 6.06. The Morgan fingerprint density at radius 2 is 1.81 bits per heavy atom. The van der Waals surface area contributed by atoms with Gasteiger partial charge in [-0.15, -0.1) is 0 Å². The number of nitrogens with zero attached hydrogens (tertiary/aromatic N) is 1. The van der Waals surface area contributed by atoms with Crippen molar-refractivity contribution in [1.82, 2.24) is 4.98 Å². The summed E-state index contributed by atoms with van der Waals surface area (Å²) in [6.07, 6.45) is 1.72. The Morgan fingerprint density at radius 1 is 1.10 bits per heavy atom. The maximum Gasteiger partial charge on any atom is 0.137 e. The maximum atomic E-state index is 6.11. The molecule has 0 saturated carbocycles. The molecule has 106 valence electrons. The lowest BCUT2D eigenvalue weighted by Gasteiger charge is -2.14. The second kappa shape index (κ2) is 5.26. The molecule has 2 aromatic carbocycles. The number of hydrogen-bond donors (Lipinski definition) is 1. The highest BCUT2D eigenvalue weighted by molar-refractivity contribution is 6.30. The first-order valence-corrected chi connectivity index (χ1v) is 7.02. The second-order valence-corrected chi connectivity index (χ2v) is 5.46. The fraction of sp³-hybridized carbons (Fsp3) is 0.118. The van der Waals surface area contributed by atoms with Crippen molar-refractivity contribution < 1.29 is 4.74 Å². The summed E-state index contributed by atoms with van der Waals surface area (Å²) in [5.74, 6) is 1.55. The van der Waals surface area contributed by atoms with Crippen molar-refractivity contribution in [3.63, 3.8) is 0 Å². The molecule has 0 saturated heterocycles. The molecule has 0 spiro atoms. The largest absolute Gasteiger partial charge is 0.456 e. The highest BCUT2D eigenvalue weighted by atomic mass is 35.5. The van der Waals surface area contributed by atoms with Crippen molar-refractivity contribution in [2.24, 2.45) is 0 Å². The van der Waals surface area contributed by atoms with Crippen LogP contribution in [0.3, 0.4) is 0 Å². The van der Waals surface area contributed by atoms with Crippen LogP contribution in [0.5, 0.6) is 11.5 Å². The van der Waals surface area contributed by atoms with Gasteiger partial charge in [-0.2, -0.15) is 0 Å². The van der Waals surface area contributed by atoms with Crippen LogP contribution in [0.4, 0.5) is 5.69 Å². The number of aryl methyl sites for hydroxylation is 2. The standard InChI is InChI=1S/C17H15ClN2O/c1-10-8-12(18)9-11(2)17(10)21-15-6-5-14(19)16-13(15)4-3-7-20-16/h3-9H,19H2,1-2H3. The van der Waals surface area contributed by atoms with Crippen LogP contribution in [0, 0.1) is 13.8 Å². The molecule has 3 nitrogen and oxygen atoms in total. The predicted molar refractivity (Wildman–Crippen MR) is 87.2 cm³/mol. The predicted octanol–water partition coefficient (Wildman–Crippen LogP) is 4.88. The van der Waals surface area contributed by atoms with Crippen LogP contribution < -0.4 is 10.5 Å². The van der Waals surface area contributed by atoms with E-state index in [1.165, 1.54) is 0 Å². The summed E-state index contributed by atoms with van der Waals surface area (Å²) in [4.78, 5) is 4.32. The lowest BCUT2D eigenvalue weighted by Crippen LogP contribution is -1.95. The lowest BCUT2D eigenvalue weighted by atomic mass is 10.1. The number of ether oxygens (including phenoxy) is 1. The van der Waals surface area contributed by atoms with E-state index >= 15 is 0 Å². The Balaban J connectivity index is 2.13. The van der Waals surface area contributed by atoms with Crippen molar-refractivity contribution >= 4 is 28.2 Å². The van der Waals surface area contributed by atoms with Gasteiger partial charge in [-0.3, -0.25) is 4.98 Å². The van der Waals surface area contributed by atoms with Crippen LogP contribution in [-0.4, -0.2) is 4.98 Å². The topological polar surface area (TPSA) is 48.1 Å². The summed E-state index contributed by atoms with van der Waals surface area (Å²) in [6.45, 7) is 3.96. The average Bonchev–Trinajstić information content (AvgIpc) is 2.45. The zero-order valence-electron chi connectivity index (χ0n) is 11.9. The molecule has 0 bridgehead atoms. The van der Waals surface area contributed by atoms with E-state index in [0.29, 0.717) is 10.7 Å². The van der Waals surface area contributed by atoms with E-state index in [0.717, 1.165) is 33.5 Å². The minimum absolute atomic E-state index is 0.641. The van der Waals surface area contributed by atoms with E-state index < -0.39 is 0 Å². The van der Waals surface area contributed by atoms with Gasteiger partial charge in [-0.05, 0) is 61.4 Å². The van der Waals surface area contributed by atoms with Gasteiger partial charge in [-0.25, -0.2) is 0 Å². The van der Waals surface area contributed by atoms with E-state index in [1.54, 1.807) is 6.20 Å². The smallest absolute Gasteiger partial charge is 0.137 e. The quantitative estimate of drug-likeness (QED) is 0.686. The molecule has 0 fully saturated rings. The van der Waals surface area contributed by atoms with Crippen LogP contribution in [0.1, 0.15) is 11.1 Å². The van der Waals surface area contributed by atoms with Gasteiger partial charge in [0.25, 0.3) is 0 Å². The van der Waals surface area contributed by atoms with Crippen molar-refractivity contribution in [3.8, 4) is 11.5 Å². The lowest BCUT2D eigenvalue weighted by molar-refractivity contribution is 0.480. The normalized spacial score (nSPS) is 10.8. The molecule has 21 heavy (non-hydrogen) atoms. The molecule has 3 aromatic rings. The number of halogens is 1. The Kier molecular flexibility index (Phi) is 3.43. The van der Waals surface area contributed by atoms with Gasteiger partial charge in [0.1, 0.15) is 11.5 Å². The van der Waals surface area contributed by atoms with Crippen LogP contribution in [0.2, 0.25) is 5.02 Å². The average molecular weight is 299 g/mol. The van der Waals surface area contributed by atoms with Gasteiger partial charge in [0.15, 0.2) is 0 Å². The Morgan fingerprint density at radius 3 is 2.52 bits per heavy atom. The number of rotatable bonds is 2. The third-order valence-electron chi connectivity index (χ3n) is 3.40. The highest BCUT2D eigenvalue weighted by Crippen LogP contribution is 2.35. The molecule has 1 heterocycles. The molecular formula is C17H15ClN2O. The van der Waals surface area contributed by atoms with Gasteiger partial charge < -0.3 is 10.5 Å². The van der Waals surface area contributed by atoms with Crippen molar-refractivity contribution in [2.75, 3.05) is 5.73 Å². The van der Waals surface area contributed by atoms with Gasteiger partial charge in [0, 0.05) is 16.6 Å². The van der Waals surface area contributed by atoms with Crippen molar-refractivity contribution in [2.45, 2.75) is 13.8 Å². The molecule has 4 heteroatoms. The summed E-state index contributed by atoms with van der Waals surface area (Å²) < 4.78 is 6.11. The fourth-order valence-electron chi connectivity index (χ4n) is 2.43. The first-order valence-electron chi connectivity index (χ1n) is 6.64. The van der Waals surface area contributed by atoms with Gasteiger partial charge in [-0.1, -0.05) is 11.6 Å². The highest BCUT2D eigenvalue weighted by Gasteiger charge is 2.11. The van der Waals surface area contributed by atoms with Crippen LogP contribution >= 0.6 is 11.6 Å². The SMILES string of the molecule is Cc1cc(Cl)cc(C)c1Oc1ccc(N)c2ncccc12. The zero-order valence-corrected chi connectivity index (χ0v) is 12.6. The molecule has 1 aromatic heterocycles. The molecule has 0 unspecified atom stereocenters. The molecule has 0 amide bonds. The van der Waals surface area contributed by atoms with Crippen LogP contribution in [0.25, 0.3) is 10.9 Å². The third kappa shape index (κ3) is 2.52. The number of hydrogen-bond acceptors (Lipinski definition) is 3. The molecule has 2 N–H and O–H groups in total. The fourth-order valence-corrected chi connectivity index (χ4v) is 2.75. The van der Waals surface area contributed by atoms with E-state index in [1.807, 2.05) is 50.2 Å². The first kappa shape index (κ1) is 13.7. The number of nitrogen functional groups attached to an aromatic ring is 1. The molecular weight excluding hydrogens is 284 g/mol. The Hall–Kier alpha value is -2.26. The van der Waals surface area contributed by atoms with E-state index in [9.17, 15) is 0 Å². The molecule has 0 aliphatic heterocycles. The van der Waals surface area contributed by atoms with E-state index in [-0.39, 0.29) is 0 Å². The second-order valence-electron chi connectivity index (χ2n) is 5.02. The Bertz CT molecular complexity index is 807. The molecule has 3 rings (SSSR count). The minimum Gasteiger partial charge on any atom is -0.456 e. The number of nitrogens with two attached hydrogens (primary N) is 1. The van der Waals surface area contributed by atoms with Crippen molar-refractivity contribution in [3.05, 3.63) is 58.7 Å². The Labute approximate surface area is 128 Å². The van der Waals surface area contributed by atoms with Gasteiger partial charge >= 0.3 is 0 Å². The number of fused-ring (bicyclic) bond motifs is 1. The summed E-state index contributed by atoms with van der Waals surface area (Å²) in [6, 6.07) is 11.3. The summed E-state index contributed by atoms with van der Waals surface area (Å²) in [5.41, 5.74) is 9.34. The summed E-state index contributed by atoms with van der Waals surface area (Å²) in [5, 5.41) is 1.60. The number of benzene rings is 2. The monoisotopic (exact) mass is 298 g/mol. The van der Waals surface area contributed by atoms with Crippen molar-refractivity contribution in [1.29, 1.82) is 0 Å². The van der Waals surface area contributed by atoms with Gasteiger partial charge in [0.05, 0.1) is 11.2 Å². The number of pyridine rings is 1. The maximum absolute atomic E-state index is 6.11.